The Morgan fingerprint density at radius 2 is 1.90 bits per heavy atom. The van der Waals surface area contributed by atoms with Crippen LogP contribution in [-0.4, -0.2) is 20.9 Å². The van der Waals surface area contributed by atoms with Crippen molar-refractivity contribution in [2.75, 3.05) is 0 Å². The Balaban J connectivity index is 1.50. The zero-order valence-corrected chi connectivity index (χ0v) is 16.9. The Morgan fingerprint density at radius 1 is 1.20 bits per heavy atom. The monoisotopic (exact) mass is 406 g/mol. The number of hydrogen-bond acceptors (Lipinski definition) is 5. The fourth-order valence-electron chi connectivity index (χ4n) is 3.61. The number of amides is 1. The number of aromatic nitrogens is 1. The first kappa shape index (κ1) is 19.8. The van der Waals surface area contributed by atoms with Crippen LogP contribution in [0, 0.1) is 16.0 Å². The number of benzene rings is 2. The molecule has 1 aromatic heterocycles. The Hall–Kier alpha value is -3.55. The second-order valence-electron chi connectivity index (χ2n) is 8.67. The summed E-state index contributed by atoms with van der Waals surface area (Å²) in [4.78, 5) is 25.6. The lowest BCUT2D eigenvalue weighted by atomic mass is 9.86. The van der Waals surface area contributed by atoms with Crippen LogP contribution in [0.3, 0.4) is 0 Å². The molecule has 2 aromatic carbocycles. The lowest BCUT2D eigenvalue weighted by Crippen LogP contribution is -2.10. The van der Waals surface area contributed by atoms with E-state index in [1.807, 2.05) is 0 Å². The minimum atomic E-state index is -0.532. The average Bonchev–Trinajstić information content (AvgIpc) is 3.43. The summed E-state index contributed by atoms with van der Waals surface area (Å²) in [6.07, 6.45) is 0.706. The van der Waals surface area contributed by atoms with Crippen molar-refractivity contribution in [3.05, 3.63) is 63.7 Å². The number of aromatic hydroxyl groups is 1. The third kappa shape index (κ3) is 3.68. The zero-order chi connectivity index (χ0) is 21.6. The maximum Gasteiger partial charge on any atom is 0.270 e. The van der Waals surface area contributed by atoms with Crippen molar-refractivity contribution in [3.8, 4) is 5.88 Å². The van der Waals surface area contributed by atoms with Crippen LogP contribution in [0.2, 0.25) is 0 Å². The number of carbonyl (C=O) groups excluding carboxylic acids is 1. The molecule has 0 unspecified atom stereocenters. The van der Waals surface area contributed by atoms with E-state index in [9.17, 15) is 20.0 Å². The van der Waals surface area contributed by atoms with E-state index in [4.69, 9.17) is 0 Å². The molecule has 1 amide bonds. The molecule has 1 heterocycles. The average molecular weight is 406 g/mol. The standard InChI is InChI=1S/C22H22N4O4/c1-22(2,3)13-6-4-12(5-7-13)15-11-16(15)20(27)25-24-19-17-10-14(26(29)30)8-9-18(17)23-21(19)28/h4-10,15-16,23,28H,11H2,1-3H3/t15-,16-/m1/s1. The van der Waals surface area contributed by atoms with Gasteiger partial charge in [0.15, 0.2) is 5.69 Å². The SMILES string of the molecule is CC(C)(C)c1ccc([C@H]2C[C@H]2C(=O)N=Nc2c(O)[nH]c3ccc([N+](=O)[O-])cc23)cc1. The molecule has 1 aliphatic carbocycles. The van der Waals surface area contributed by atoms with Gasteiger partial charge in [0, 0.05) is 23.4 Å². The number of non-ortho nitro benzene ring substituents is 1. The van der Waals surface area contributed by atoms with Gasteiger partial charge in [-0.2, -0.15) is 0 Å². The van der Waals surface area contributed by atoms with Gasteiger partial charge in [0.1, 0.15) is 0 Å². The number of nitro groups is 1. The van der Waals surface area contributed by atoms with Gasteiger partial charge in [0.05, 0.1) is 10.4 Å². The summed E-state index contributed by atoms with van der Waals surface area (Å²) in [6, 6.07) is 12.4. The second kappa shape index (κ2) is 7.05. The van der Waals surface area contributed by atoms with E-state index in [0.717, 1.165) is 5.56 Å². The summed E-state index contributed by atoms with van der Waals surface area (Å²) in [6.45, 7) is 6.46. The quantitative estimate of drug-likeness (QED) is 0.338. The Kier molecular flexibility index (Phi) is 4.64. The van der Waals surface area contributed by atoms with Crippen LogP contribution in [-0.2, 0) is 10.2 Å². The summed E-state index contributed by atoms with van der Waals surface area (Å²) in [5.74, 6) is -0.773. The van der Waals surface area contributed by atoms with Gasteiger partial charge in [-0.1, -0.05) is 45.0 Å². The van der Waals surface area contributed by atoms with Gasteiger partial charge in [-0.3, -0.25) is 14.9 Å². The molecular formula is C22H22N4O4. The van der Waals surface area contributed by atoms with Gasteiger partial charge >= 0.3 is 0 Å². The molecule has 1 saturated carbocycles. The van der Waals surface area contributed by atoms with Crippen LogP contribution >= 0.6 is 0 Å². The molecule has 2 atom stereocenters. The molecule has 4 rings (SSSR count). The number of rotatable bonds is 4. The lowest BCUT2D eigenvalue weighted by molar-refractivity contribution is -0.384. The van der Waals surface area contributed by atoms with Gasteiger partial charge < -0.3 is 10.1 Å². The summed E-state index contributed by atoms with van der Waals surface area (Å²) in [5.41, 5.74) is 2.77. The summed E-state index contributed by atoms with van der Waals surface area (Å²) >= 11 is 0. The third-order valence-electron chi connectivity index (χ3n) is 5.51. The Bertz CT molecular complexity index is 1170. The molecule has 2 N–H and O–H groups in total. The second-order valence-corrected chi connectivity index (χ2v) is 8.67. The first-order valence-electron chi connectivity index (χ1n) is 9.70. The van der Waals surface area contributed by atoms with Gasteiger partial charge in [0.2, 0.25) is 5.88 Å². The largest absolute Gasteiger partial charge is 0.493 e. The fraction of sp³-hybridized carbons (Fsp3) is 0.318. The number of fused-ring (bicyclic) bond motifs is 1. The Morgan fingerprint density at radius 3 is 2.53 bits per heavy atom. The number of H-pyrrole nitrogens is 1. The highest BCUT2D eigenvalue weighted by Gasteiger charge is 2.44. The van der Waals surface area contributed by atoms with Crippen LogP contribution in [0.15, 0.2) is 52.7 Å². The maximum absolute atomic E-state index is 12.5. The first-order valence-corrected chi connectivity index (χ1v) is 9.70. The molecular weight excluding hydrogens is 384 g/mol. The first-order chi connectivity index (χ1) is 14.1. The molecule has 0 saturated heterocycles. The van der Waals surface area contributed by atoms with Crippen molar-refractivity contribution >= 4 is 28.2 Å². The van der Waals surface area contributed by atoms with E-state index >= 15 is 0 Å². The third-order valence-corrected chi connectivity index (χ3v) is 5.51. The zero-order valence-electron chi connectivity index (χ0n) is 16.9. The van der Waals surface area contributed by atoms with Crippen LogP contribution in [0.25, 0.3) is 10.9 Å². The van der Waals surface area contributed by atoms with Crippen molar-refractivity contribution in [2.24, 2.45) is 16.1 Å². The maximum atomic E-state index is 12.5. The number of aromatic amines is 1. The molecule has 8 heteroatoms. The normalized spacial score (nSPS) is 18.8. The molecule has 1 fully saturated rings. The van der Waals surface area contributed by atoms with Crippen molar-refractivity contribution < 1.29 is 14.8 Å². The molecule has 0 bridgehead atoms. The minimum absolute atomic E-state index is 0.0220. The molecule has 1 aliphatic rings. The predicted octanol–water partition coefficient (Wildman–Crippen LogP) is 5.49. The van der Waals surface area contributed by atoms with E-state index < -0.39 is 4.92 Å². The predicted molar refractivity (Wildman–Crippen MR) is 112 cm³/mol. The van der Waals surface area contributed by atoms with Gasteiger partial charge in [-0.05, 0) is 34.9 Å². The van der Waals surface area contributed by atoms with Gasteiger partial charge in [0.25, 0.3) is 11.6 Å². The summed E-state index contributed by atoms with van der Waals surface area (Å²) in [7, 11) is 0. The number of hydrogen-bond donors (Lipinski definition) is 2. The molecule has 8 nitrogen and oxygen atoms in total. The molecule has 154 valence electrons. The summed E-state index contributed by atoms with van der Waals surface area (Å²) < 4.78 is 0. The van der Waals surface area contributed by atoms with E-state index in [-0.39, 0.29) is 40.4 Å². The van der Waals surface area contributed by atoms with E-state index in [1.165, 1.54) is 23.8 Å². The Labute approximate surface area is 172 Å². The highest BCUT2D eigenvalue weighted by Crippen LogP contribution is 2.49. The van der Waals surface area contributed by atoms with Crippen molar-refractivity contribution in [3.63, 3.8) is 0 Å². The van der Waals surface area contributed by atoms with Crippen LogP contribution in [0.1, 0.15) is 44.2 Å². The number of carbonyl (C=O) groups is 1. The van der Waals surface area contributed by atoms with Crippen molar-refractivity contribution in [1.82, 2.24) is 4.98 Å². The number of nitro benzene ring substituents is 1. The lowest BCUT2D eigenvalue weighted by Gasteiger charge is -2.19. The van der Waals surface area contributed by atoms with Gasteiger partial charge in [-0.15, -0.1) is 10.2 Å². The molecule has 0 spiro atoms. The van der Waals surface area contributed by atoms with Crippen LogP contribution < -0.4 is 0 Å². The molecule has 30 heavy (non-hydrogen) atoms. The smallest absolute Gasteiger partial charge is 0.270 e. The van der Waals surface area contributed by atoms with Crippen molar-refractivity contribution in [2.45, 2.75) is 38.5 Å². The molecule has 3 aromatic rings. The molecule has 0 aliphatic heterocycles. The van der Waals surface area contributed by atoms with Gasteiger partial charge in [-0.25, -0.2) is 0 Å². The topological polar surface area (TPSA) is 121 Å². The number of nitrogens with one attached hydrogen (secondary N) is 1. The van der Waals surface area contributed by atoms with E-state index in [1.54, 1.807) is 0 Å². The van der Waals surface area contributed by atoms with Crippen LogP contribution in [0.4, 0.5) is 11.4 Å². The number of azo groups is 1. The van der Waals surface area contributed by atoms with Crippen molar-refractivity contribution in [1.29, 1.82) is 0 Å². The molecule has 0 radical (unpaired) electrons. The van der Waals surface area contributed by atoms with E-state index in [2.05, 4.69) is 60.2 Å². The number of nitrogens with zero attached hydrogens (tertiary/aromatic N) is 3. The fourth-order valence-corrected chi connectivity index (χ4v) is 3.61. The minimum Gasteiger partial charge on any atom is -0.493 e. The highest BCUT2D eigenvalue weighted by atomic mass is 16.6. The van der Waals surface area contributed by atoms with Crippen LogP contribution in [0.5, 0.6) is 5.88 Å². The highest BCUT2D eigenvalue weighted by molar-refractivity contribution is 5.96. The van der Waals surface area contributed by atoms with E-state index in [0.29, 0.717) is 17.3 Å². The summed E-state index contributed by atoms with van der Waals surface area (Å²) in [5, 5.41) is 29.1.